The van der Waals surface area contributed by atoms with Gasteiger partial charge in [-0.3, -0.25) is 0 Å². The first-order valence-electron chi connectivity index (χ1n) is 8.34. The van der Waals surface area contributed by atoms with Crippen molar-refractivity contribution in [1.29, 1.82) is 0 Å². The summed E-state index contributed by atoms with van der Waals surface area (Å²) in [6.07, 6.45) is 0.502. The van der Waals surface area contributed by atoms with Crippen LogP contribution in [0.25, 0.3) is 0 Å². The molecule has 6 nitrogen and oxygen atoms in total. The molecule has 7 heteroatoms. The molecule has 0 aliphatic heterocycles. The van der Waals surface area contributed by atoms with E-state index in [1.54, 1.807) is 49.4 Å². The first-order chi connectivity index (χ1) is 12.4. The van der Waals surface area contributed by atoms with Crippen LogP contribution in [0.2, 0.25) is 0 Å². The summed E-state index contributed by atoms with van der Waals surface area (Å²) < 4.78 is 37.3. The van der Waals surface area contributed by atoms with Gasteiger partial charge in [-0.15, -0.1) is 0 Å². The summed E-state index contributed by atoms with van der Waals surface area (Å²) in [6.45, 7) is 4.05. The number of carbonyl (C=O) groups excluding carboxylic acids is 1. The van der Waals surface area contributed by atoms with Crippen molar-refractivity contribution < 1.29 is 22.7 Å². The minimum atomic E-state index is -3.53. The molecule has 0 fully saturated rings. The molecule has 0 unspecified atom stereocenters. The molecule has 0 amide bonds. The van der Waals surface area contributed by atoms with Gasteiger partial charge in [0.15, 0.2) is 6.61 Å². The third-order valence-corrected chi connectivity index (χ3v) is 5.07. The first-order valence-corrected chi connectivity index (χ1v) is 9.82. The van der Waals surface area contributed by atoms with E-state index in [0.29, 0.717) is 18.8 Å². The van der Waals surface area contributed by atoms with Crippen molar-refractivity contribution >= 4 is 16.0 Å². The first kappa shape index (κ1) is 19.9. The molecular formula is C19H23NO5S. The average Bonchev–Trinajstić information content (AvgIpc) is 2.61. The van der Waals surface area contributed by atoms with Crippen LogP contribution in [-0.2, 0) is 26.0 Å². The minimum Gasteiger partial charge on any atom is -0.482 e. The molecule has 0 spiro atoms. The van der Waals surface area contributed by atoms with E-state index in [4.69, 9.17) is 9.47 Å². The molecule has 0 saturated carbocycles. The van der Waals surface area contributed by atoms with Crippen LogP contribution in [0.3, 0.4) is 0 Å². The number of hydrogen-bond acceptors (Lipinski definition) is 5. The van der Waals surface area contributed by atoms with E-state index in [0.717, 1.165) is 11.1 Å². The fourth-order valence-corrected chi connectivity index (χ4v) is 3.30. The van der Waals surface area contributed by atoms with E-state index in [2.05, 4.69) is 4.72 Å². The van der Waals surface area contributed by atoms with E-state index in [-0.39, 0.29) is 18.0 Å². The second-order valence-corrected chi connectivity index (χ2v) is 7.47. The lowest BCUT2D eigenvalue weighted by molar-refractivity contribution is -0.145. The fraction of sp³-hybridized carbons (Fsp3) is 0.316. The predicted molar refractivity (Wildman–Crippen MR) is 98.6 cm³/mol. The maximum Gasteiger partial charge on any atom is 0.344 e. The normalized spacial score (nSPS) is 11.2. The molecule has 1 N–H and O–H groups in total. The Morgan fingerprint density at radius 3 is 2.54 bits per heavy atom. The second-order valence-electron chi connectivity index (χ2n) is 5.70. The Balaban J connectivity index is 1.88. The van der Waals surface area contributed by atoms with Crippen molar-refractivity contribution in [2.24, 2.45) is 0 Å². The van der Waals surface area contributed by atoms with Gasteiger partial charge in [-0.05, 0) is 50.1 Å². The molecule has 0 bridgehead atoms. The van der Waals surface area contributed by atoms with Crippen LogP contribution in [0.15, 0.2) is 53.4 Å². The van der Waals surface area contributed by atoms with Crippen molar-refractivity contribution in [3.63, 3.8) is 0 Å². The van der Waals surface area contributed by atoms with Crippen LogP contribution in [0.1, 0.15) is 18.1 Å². The molecule has 2 rings (SSSR count). The van der Waals surface area contributed by atoms with E-state index >= 15 is 0 Å². The molecule has 0 radical (unpaired) electrons. The Bertz CT molecular complexity index is 831. The second kappa shape index (κ2) is 9.35. The van der Waals surface area contributed by atoms with Gasteiger partial charge in [0.1, 0.15) is 5.75 Å². The van der Waals surface area contributed by atoms with Gasteiger partial charge in [-0.1, -0.05) is 29.8 Å². The smallest absolute Gasteiger partial charge is 0.344 e. The van der Waals surface area contributed by atoms with Crippen molar-refractivity contribution in [2.75, 3.05) is 19.8 Å². The summed E-state index contributed by atoms with van der Waals surface area (Å²) in [6, 6.07) is 13.9. The van der Waals surface area contributed by atoms with Crippen LogP contribution in [-0.4, -0.2) is 34.1 Å². The molecule has 140 valence electrons. The zero-order valence-corrected chi connectivity index (χ0v) is 15.7. The Labute approximate surface area is 154 Å². The quantitative estimate of drug-likeness (QED) is 0.679. The summed E-state index contributed by atoms with van der Waals surface area (Å²) in [5.41, 5.74) is 1.90. The maximum absolute atomic E-state index is 12.3. The molecule has 0 aliphatic rings. The maximum atomic E-state index is 12.3. The standard InChI is InChI=1S/C19H23NO5S/c1-3-24-19(21)14-25-17-6-4-5-16(13-17)11-12-20-26(22,23)18-9-7-15(2)8-10-18/h4-10,13,20H,3,11-12,14H2,1-2H3. The van der Waals surface area contributed by atoms with Crippen LogP contribution >= 0.6 is 0 Å². The van der Waals surface area contributed by atoms with E-state index in [1.165, 1.54) is 0 Å². The van der Waals surface area contributed by atoms with E-state index in [9.17, 15) is 13.2 Å². The van der Waals surface area contributed by atoms with Crippen molar-refractivity contribution in [3.8, 4) is 5.75 Å². The number of ether oxygens (including phenoxy) is 2. The molecule has 0 aliphatic carbocycles. The Morgan fingerprint density at radius 1 is 1.12 bits per heavy atom. The van der Waals surface area contributed by atoms with Gasteiger partial charge in [0.2, 0.25) is 10.0 Å². The summed E-state index contributed by atoms with van der Waals surface area (Å²) in [5, 5.41) is 0. The topological polar surface area (TPSA) is 81.7 Å². The number of rotatable bonds is 9. The van der Waals surface area contributed by atoms with Crippen LogP contribution in [0.4, 0.5) is 0 Å². The zero-order valence-electron chi connectivity index (χ0n) is 14.9. The lowest BCUT2D eigenvalue weighted by atomic mass is 10.1. The number of carbonyl (C=O) groups is 1. The molecular weight excluding hydrogens is 354 g/mol. The van der Waals surface area contributed by atoms with Crippen molar-refractivity contribution in [2.45, 2.75) is 25.2 Å². The number of esters is 1. The summed E-state index contributed by atoms with van der Waals surface area (Å²) in [7, 11) is -3.53. The van der Waals surface area contributed by atoms with Gasteiger partial charge < -0.3 is 9.47 Å². The van der Waals surface area contributed by atoms with Gasteiger partial charge in [0, 0.05) is 6.54 Å². The predicted octanol–water partition coefficient (Wildman–Crippen LogP) is 2.46. The molecule has 0 heterocycles. The van der Waals surface area contributed by atoms with Crippen LogP contribution in [0.5, 0.6) is 5.75 Å². The lowest BCUT2D eigenvalue weighted by Gasteiger charge is -2.09. The number of aryl methyl sites for hydroxylation is 1. The SMILES string of the molecule is CCOC(=O)COc1cccc(CCNS(=O)(=O)c2ccc(C)cc2)c1. The zero-order chi connectivity index (χ0) is 19.0. The molecule has 0 atom stereocenters. The van der Waals surface area contributed by atoms with Gasteiger partial charge in [-0.25, -0.2) is 17.9 Å². The number of hydrogen-bond donors (Lipinski definition) is 1. The van der Waals surface area contributed by atoms with E-state index < -0.39 is 16.0 Å². The van der Waals surface area contributed by atoms with Crippen molar-refractivity contribution in [1.82, 2.24) is 4.72 Å². The fourth-order valence-electron chi connectivity index (χ4n) is 2.27. The molecule has 26 heavy (non-hydrogen) atoms. The molecule has 2 aromatic rings. The monoisotopic (exact) mass is 377 g/mol. The highest BCUT2D eigenvalue weighted by Gasteiger charge is 2.12. The van der Waals surface area contributed by atoms with Gasteiger partial charge in [0.05, 0.1) is 11.5 Å². The van der Waals surface area contributed by atoms with Crippen molar-refractivity contribution in [3.05, 3.63) is 59.7 Å². The Hall–Kier alpha value is -2.38. The highest BCUT2D eigenvalue weighted by molar-refractivity contribution is 7.89. The Morgan fingerprint density at radius 2 is 1.85 bits per heavy atom. The summed E-state index contributed by atoms with van der Waals surface area (Å²) in [4.78, 5) is 11.6. The summed E-state index contributed by atoms with van der Waals surface area (Å²) in [5.74, 6) is 0.112. The summed E-state index contributed by atoms with van der Waals surface area (Å²) >= 11 is 0. The van der Waals surface area contributed by atoms with Crippen LogP contribution < -0.4 is 9.46 Å². The molecule has 0 saturated heterocycles. The molecule has 2 aromatic carbocycles. The average molecular weight is 377 g/mol. The number of sulfonamides is 1. The number of nitrogens with one attached hydrogen (secondary N) is 1. The highest BCUT2D eigenvalue weighted by atomic mass is 32.2. The number of benzene rings is 2. The van der Waals surface area contributed by atoms with Gasteiger partial charge in [0.25, 0.3) is 0 Å². The third-order valence-electron chi connectivity index (χ3n) is 3.60. The highest BCUT2D eigenvalue weighted by Crippen LogP contribution is 2.14. The lowest BCUT2D eigenvalue weighted by Crippen LogP contribution is -2.26. The largest absolute Gasteiger partial charge is 0.482 e. The van der Waals surface area contributed by atoms with Gasteiger partial charge in [-0.2, -0.15) is 0 Å². The van der Waals surface area contributed by atoms with Crippen LogP contribution in [0, 0.1) is 6.92 Å². The van der Waals surface area contributed by atoms with E-state index in [1.807, 2.05) is 13.0 Å². The Kier molecular flexibility index (Phi) is 7.17. The van der Waals surface area contributed by atoms with Gasteiger partial charge >= 0.3 is 5.97 Å². The minimum absolute atomic E-state index is 0.155. The third kappa shape index (κ3) is 6.16. The molecule has 0 aromatic heterocycles.